The second-order valence-electron chi connectivity index (χ2n) is 6.46. The van der Waals surface area contributed by atoms with Crippen LogP contribution in [-0.4, -0.2) is 48.2 Å². The lowest BCUT2D eigenvalue weighted by Crippen LogP contribution is -2.53. The molecule has 1 aromatic carbocycles. The van der Waals surface area contributed by atoms with E-state index in [1.165, 1.54) is 11.8 Å². The van der Waals surface area contributed by atoms with Crippen LogP contribution in [-0.2, 0) is 17.1 Å². The quantitative estimate of drug-likeness (QED) is 0.850. The van der Waals surface area contributed by atoms with Crippen molar-refractivity contribution in [3.05, 3.63) is 41.7 Å². The number of benzene rings is 1. The van der Waals surface area contributed by atoms with Crippen molar-refractivity contribution in [3.63, 3.8) is 0 Å². The van der Waals surface area contributed by atoms with Gasteiger partial charge in [-0.2, -0.15) is 9.40 Å². The van der Waals surface area contributed by atoms with E-state index in [1.807, 2.05) is 0 Å². The molecule has 1 unspecified atom stereocenters. The van der Waals surface area contributed by atoms with Crippen LogP contribution in [0, 0.1) is 13.8 Å². The normalized spacial score (nSPS) is 19.7. The van der Waals surface area contributed by atoms with Gasteiger partial charge in [-0.25, -0.2) is 8.42 Å². The molecular weight excluding hydrogens is 324 g/mol. The van der Waals surface area contributed by atoms with Crippen molar-refractivity contribution in [3.8, 4) is 0 Å². The lowest BCUT2D eigenvalue weighted by atomic mass is 10.1. The van der Waals surface area contributed by atoms with Gasteiger partial charge in [-0.3, -0.25) is 4.68 Å². The molecule has 0 bridgehead atoms. The van der Waals surface area contributed by atoms with Crippen LogP contribution >= 0.6 is 0 Å². The van der Waals surface area contributed by atoms with E-state index in [0.29, 0.717) is 30.2 Å². The first kappa shape index (κ1) is 17.0. The molecule has 6 nitrogen and oxygen atoms in total. The highest BCUT2D eigenvalue weighted by Gasteiger charge is 2.34. The van der Waals surface area contributed by atoms with Gasteiger partial charge in [0.25, 0.3) is 0 Å². The first-order valence-corrected chi connectivity index (χ1v) is 9.57. The third-order valence-corrected chi connectivity index (χ3v) is 6.73. The van der Waals surface area contributed by atoms with Crippen LogP contribution in [0.2, 0.25) is 0 Å². The number of sulfonamides is 1. The first-order chi connectivity index (χ1) is 11.3. The Morgan fingerprint density at radius 1 is 1.12 bits per heavy atom. The van der Waals surface area contributed by atoms with E-state index >= 15 is 0 Å². The highest BCUT2D eigenvalue weighted by Crippen LogP contribution is 2.25. The molecule has 0 spiro atoms. The molecule has 0 saturated carbocycles. The molecule has 0 radical (unpaired) electrons. The molecule has 1 aliphatic rings. The number of piperazine rings is 1. The molecule has 0 N–H and O–H groups in total. The van der Waals surface area contributed by atoms with E-state index in [9.17, 15) is 8.42 Å². The Labute approximate surface area is 143 Å². The van der Waals surface area contributed by atoms with Gasteiger partial charge in [0.1, 0.15) is 4.90 Å². The molecule has 24 heavy (non-hydrogen) atoms. The predicted molar refractivity (Wildman–Crippen MR) is 94.7 cm³/mol. The van der Waals surface area contributed by atoms with E-state index in [1.54, 1.807) is 23.0 Å². The Morgan fingerprint density at radius 3 is 2.33 bits per heavy atom. The average Bonchev–Trinajstić information content (AvgIpc) is 2.88. The van der Waals surface area contributed by atoms with Crippen LogP contribution in [0.25, 0.3) is 0 Å². The molecule has 7 heteroatoms. The molecule has 0 aliphatic carbocycles. The summed E-state index contributed by atoms with van der Waals surface area (Å²) in [6, 6.07) is 8.49. The molecule has 1 aromatic heterocycles. The molecule has 1 atom stereocenters. The minimum Gasteiger partial charge on any atom is -0.366 e. The Balaban J connectivity index is 1.80. The molecule has 1 saturated heterocycles. The number of aryl methyl sites for hydroxylation is 2. The summed E-state index contributed by atoms with van der Waals surface area (Å²) in [4.78, 5) is 2.57. The Hall–Kier alpha value is -1.86. The molecule has 3 rings (SSSR count). The topological polar surface area (TPSA) is 58.4 Å². The lowest BCUT2D eigenvalue weighted by molar-refractivity contribution is 0.342. The number of hydrogen-bond acceptors (Lipinski definition) is 4. The van der Waals surface area contributed by atoms with E-state index in [2.05, 4.69) is 48.1 Å². The van der Waals surface area contributed by atoms with Crippen molar-refractivity contribution in [1.82, 2.24) is 14.1 Å². The zero-order valence-electron chi connectivity index (χ0n) is 14.6. The maximum Gasteiger partial charge on any atom is 0.246 e. The fraction of sp³-hybridized carbons (Fsp3) is 0.471. The molecule has 0 amide bonds. The average molecular weight is 348 g/mol. The van der Waals surface area contributed by atoms with Gasteiger partial charge in [-0.1, -0.05) is 17.7 Å². The smallest absolute Gasteiger partial charge is 0.246 e. The Kier molecular flexibility index (Phi) is 4.40. The second-order valence-corrected chi connectivity index (χ2v) is 8.37. The van der Waals surface area contributed by atoms with Crippen LogP contribution in [0.15, 0.2) is 35.4 Å². The van der Waals surface area contributed by atoms with Crippen molar-refractivity contribution in [2.24, 2.45) is 7.05 Å². The van der Waals surface area contributed by atoms with E-state index < -0.39 is 10.0 Å². The van der Waals surface area contributed by atoms with Crippen molar-refractivity contribution in [2.75, 3.05) is 24.5 Å². The number of aromatic nitrogens is 2. The number of nitrogens with zero attached hydrogens (tertiary/aromatic N) is 4. The highest BCUT2D eigenvalue weighted by atomic mass is 32.2. The Bertz CT molecular complexity index is 827. The molecule has 1 fully saturated rings. The van der Waals surface area contributed by atoms with E-state index in [0.717, 1.165) is 5.69 Å². The molecule has 2 heterocycles. The lowest BCUT2D eigenvalue weighted by Gasteiger charge is -2.40. The van der Waals surface area contributed by atoms with Crippen molar-refractivity contribution in [2.45, 2.75) is 31.7 Å². The van der Waals surface area contributed by atoms with E-state index in [4.69, 9.17) is 0 Å². The summed E-state index contributed by atoms with van der Waals surface area (Å²) in [5.74, 6) is 0. The monoisotopic (exact) mass is 348 g/mol. The summed E-state index contributed by atoms with van der Waals surface area (Å²) in [6.07, 6.45) is 1.45. The second kappa shape index (κ2) is 6.22. The zero-order valence-corrected chi connectivity index (χ0v) is 15.4. The van der Waals surface area contributed by atoms with E-state index in [-0.39, 0.29) is 6.04 Å². The summed E-state index contributed by atoms with van der Waals surface area (Å²) < 4.78 is 29.0. The summed E-state index contributed by atoms with van der Waals surface area (Å²) in [7, 11) is -1.74. The largest absolute Gasteiger partial charge is 0.366 e. The van der Waals surface area contributed by atoms with Gasteiger partial charge >= 0.3 is 0 Å². The first-order valence-electron chi connectivity index (χ1n) is 8.13. The molecular formula is C17H24N4O2S. The fourth-order valence-corrected chi connectivity index (χ4v) is 4.83. The molecule has 1 aliphatic heterocycles. The van der Waals surface area contributed by atoms with Gasteiger partial charge in [0.15, 0.2) is 0 Å². The number of hydrogen-bond donors (Lipinski definition) is 0. The number of rotatable bonds is 3. The van der Waals surface area contributed by atoms with Crippen LogP contribution in [0.1, 0.15) is 18.2 Å². The standard InChI is InChI=1S/C17H24N4O2S/c1-13-5-7-16(8-6-13)21-10-9-20(12-14(21)2)24(22,23)17-11-18-19(4)15(17)3/h5-8,11,14H,9-10,12H2,1-4H3. The van der Waals surface area contributed by atoms with Gasteiger partial charge < -0.3 is 4.90 Å². The summed E-state index contributed by atoms with van der Waals surface area (Å²) in [5.41, 5.74) is 3.03. The van der Waals surface area contributed by atoms with Gasteiger partial charge in [0, 0.05) is 38.4 Å². The molecule has 130 valence electrons. The van der Waals surface area contributed by atoms with Crippen LogP contribution in [0.3, 0.4) is 0 Å². The minimum atomic E-state index is -3.49. The van der Waals surface area contributed by atoms with Crippen LogP contribution < -0.4 is 4.90 Å². The van der Waals surface area contributed by atoms with Crippen molar-refractivity contribution >= 4 is 15.7 Å². The van der Waals surface area contributed by atoms with Gasteiger partial charge in [-0.15, -0.1) is 0 Å². The van der Waals surface area contributed by atoms with Crippen molar-refractivity contribution < 1.29 is 8.42 Å². The maximum absolute atomic E-state index is 12.9. The number of anilines is 1. The maximum atomic E-state index is 12.9. The van der Waals surface area contributed by atoms with Crippen LogP contribution in [0.4, 0.5) is 5.69 Å². The summed E-state index contributed by atoms with van der Waals surface area (Å²) >= 11 is 0. The SMILES string of the molecule is Cc1ccc(N2CCN(S(=O)(=O)c3cnn(C)c3C)CC2C)cc1. The fourth-order valence-electron chi connectivity index (χ4n) is 3.13. The third kappa shape index (κ3) is 2.93. The van der Waals surface area contributed by atoms with Gasteiger partial charge in [-0.05, 0) is 32.9 Å². The minimum absolute atomic E-state index is 0.119. The zero-order chi connectivity index (χ0) is 17.5. The summed E-state index contributed by atoms with van der Waals surface area (Å²) in [5, 5.41) is 4.07. The Morgan fingerprint density at radius 2 is 1.79 bits per heavy atom. The summed E-state index contributed by atoms with van der Waals surface area (Å²) in [6.45, 7) is 7.56. The highest BCUT2D eigenvalue weighted by molar-refractivity contribution is 7.89. The van der Waals surface area contributed by atoms with Crippen LogP contribution in [0.5, 0.6) is 0 Å². The molecule has 2 aromatic rings. The third-order valence-electron chi connectivity index (χ3n) is 4.76. The van der Waals surface area contributed by atoms with Gasteiger partial charge in [0.05, 0.1) is 11.9 Å². The van der Waals surface area contributed by atoms with Crippen molar-refractivity contribution in [1.29, 1.82) is 0 Å². The predicted octanol–water partition coefficient (Wildman–Crippen LogP) is 1.94. The van der Waals surface area contributed by atoms with Gasteiger partial charge in [0.2, 0.25) is 10.0 Å².